The van der Waals surface area contributed by atoms with Crippen LogP contribution in [0.4, 0.5) is 0 Å². The van der Waals surface area contributed by atoms with Gasteiger partial charge in [0.2, 0.25) is 5.78 Å². The van der Waals surface area contributed by atoms with Crippen LogP contribution in [-0.2, 0) is 20.0 Å². The second-order valence-corrected chi connectivity index (χ2v) is 11.2. The number of hydrogen-bond donors (Lipinski definition) is 0. The Labute approximate surface area is 199 Å². The minimum absolute atomic E-state index is 0.0115. The van der Waals surface area contributed by atoms with Gasteiger partial charge in [-0.25, -0.2) is 8.42 Å². The summed E-state index contributed by atoms with van der Waals surface area (Å²) in [4.78, 5) is 12.9. The van der Waals surface area contributed by atoms with Gasteiger partial charge >= 0.3 is 0 Å². The molecule has 1 aliphatic rings. The molecule has 0 amide bonds. The van der Waals surface area contributed by atoms with Crippen molar-refractivity contribution in [2.45, 2.75) is 29.6 Å². The third-order valence-corrected chi connectivity index (χ3v) is 7.89. The summed E-state index contributed by atoms with van der Waals surface area (Å²) < 4.78 is 59.2. The monoisotopic (exact) mass is 493 g/mol. The van der Waals surface area contributed by atoms with E-state index in [9.17, 15) is 21.6 Å². The van der Waals surface area contributed by atoms with E-state index in [-0.39, 0.29) is 32.5 Å². The van der Waals surface area contributed by atoms with E-state index in [1.54, 1.807) is 48.5 Å². The number of benzene rings is 3. The summed E-state index contributed by atoms with van der Waals surface area (Å²) in [6.07, 6.45) is 1.10. The van der Waals surface area contributed by atoms with Crippen LogP contribution in [0.15, 0.2) is 99.1 Å². The number of nitrogens with zero attached hydrogens (tertiary/aromatic N) is 2. The Balaban J connectivity index is 1.78. The maximum atomic E-state index is 13.0. The summed E-state index contributed by atoms with van der Waals surface area (Å²) in [6, 6.07) is 20.1. The van der Waals surface area contributed by atoms with E-state index in [0.29, 0.717) is 0 Å². The standard InChI is InChI=1S/C25H21N2O5S2/c1-17(2)18-12-14-20(15-13-18)34(31,32)26-23-16-24(25(28)22-11-7-6-10-21(22)23)27-33(29,30)19-8-4-3-5-9-19/h3-17H,1-2H3/q-1. The van der Waals surface area contributed by atoms with Gasteiger partial charge < -0.3 is 4.72 Å². The van der Waals surface area contributed by atoms with Crippen LogP contribution < -0.4 is 0 Å². The maximum Gasteiger partial charge on any atom is 0.282 e. The molecule has 0 saturated heterocycles. The molecule has 0 spiro atoms. The molecule has 9 heteroatoms. The average Bonchev–Trinajstić information content (AvgIpc) is 2.82. The largest absolute Gasteiger partial charge is 0.572 e. The summed E-state index contributed by atoms with van der Waals surface area (Å²) in [6.45, 7) is 4.00. The van der Waals surface area contributed by atoms with Gasteiger partial charge in [0, 0.05) is 5.56 Å². The molecule has 3 aromatic rings. The summed E-state index contributed by atoms with van der Waals surface area (Å²) in [5.41, 5.74) is 0.908. The normalized spacial score (nSPS) is 15.2. The third kappa shape index (κ3) is 4.71. The average molecular weight is 494 g/mol. The highest BCUT2D eigenvalue weighted by atomic mass is 32.2. The number of Topliss-reactive ketones (excluding diaryl/α,β-unsaturated/α-hetero) is 1. The smallest absolute Gasteiger partial charge is 0.282 e. The number of carbonyl (C=O) groups is 1. The van der Waals surface area contributed by atoms with Gasteiger partial charge in [0.05, 0.1) is 9.79 Å². The fourth-order valence-electron chi connectivity index (χ4n) is 3.44. The molecule has 0 aromatic heterocycles. The van der Waals surface area contributed by atoms with Gasteiger partial charge in [0.1, 0.15) is 15.7 Å². The fourth-order valence-corrected chi connectivity index (χ4v) is 5.44. The van der Waals surface area contributed by atoms with E-state index in [1.165, 1.54) is 30.3 Å². The first kappa shape index (κ1) is 23.6. The van der Waals surface area contributed by atoms with Crippen molar-refractivity contribution < 1.29 is 21.6 Å². The molecule has 4 rings (SSSR count). The van der Waals surface area contributed by atoms with Gasteiger partial charge in [0.25, 0.3) is 10.0 Å². The maximum absolute atomic E-state index is 13.0. The van der Waals surface area contributed by atoms with Gasteiger partial charge in [-0.3, -0.25) is 4.79 Å². The molecule has 0 heterocycles. The lowest BCUT2D eigenvalue weighted by molar-refractivity contribution is 0.106. The van der Waals surface area contributed by atoms with Crippen molar-refractivity contribution in [3.63, 3.8) is 0 Å². The molecular weight excluding hydrogens is 472 g/mol. The van der Waals surface area contributed by atoms with Crippen molar-refractivity contribution in [1.29, 1.82) is 0 Å². The first-order valence-corrected chi connectivity index (χ1v) is 13.3. The van der Waals surface area contributed by atoms with Crippen LogP contribution in [0.3, 0.4) is 0 Å². The Bertz CT molecular complexity index is 1520. The number of fused-ring (bicyclic) bond motifs is 1. The minimum Gasteiger partial charge on any atom is -0.572 e. The highest BCUT2D eigenvalue weighted by Gasteiger charge is 2.25. The zero-order chi connectivity index (χ0) is 24.5. The Morgan fingerprint density at radius 2 is 1.32 bits per heavy atom. The van der Waals surface area contributed by atoms with Crippen LogP contribution in [0, 0.1) is 0 Å². The van der Waals surface area contributed by atoms with Gasteiger partial charge in [-0.05, 0) is 47.4 Å². The molecular formula is C25H21N2O5S2-. The molecule has 3 aromatic carbocycles. The zero-order valence-corrected chi connectivity index (χ0v) is 20.0. The SMILES string of the molecule is CC(C)c1ccc(S(=O)(=O)[N-]C2=CC(=NS(=O)(=O)c3ccccc3)C(=O)c3ccccc32)cc1. The van der Waals surface area contributed by atoms with Crippen LogP contribution in [-0.4, -0.2) is 28.3 Å². The van der Waals surface area contributed by atoms with Gasteiger partial charge in [0.15, 0.2) is 0 Å². The van der Waals surface area contributed by atoms with E-state index in [2.05, 4.69) is 9.12 Å². The number of allylic oxidation sites excluding steroid dienone is 1. The molecule has 1 aliphatic carbocycles. The predicted molar refractivity (Wildman–Crippen MR) is 131 cm³/mol. The molecule has 0 radical (unpaired) electrons. The molecule has 0 saturated carbocycles. The molecule has 0 fully saturated rings. The van der Waals surface area contributed by atoms with E-state index in [0.717, 1.165) is 11.6 Å². The Morgan fingerprint density at radius 1 is 0.735 bits per heavy atom. The van der Waals surface area contributed by atoms with Crippen LogP contribution in [0.5, 0.6) is 0 Å². The van der Waals surface area contributed by atoms with Crippen molar-refractivity contribution in [3.8, 4) is 0 Å². The number of sulfonamides is 2. The first-order chi connectivity index (χ1) is 16.1. The van der Waals surface area contributed by atoms with Crippen LogP contribution in [0.1, 0.15) is 41.3 Å². The van der Waals surface area contributed by atoms with Crippen LogP contribution in [0.2, 0.25) is 0 Å². The molecule has 0 aliphatic heterocycles. The Hall–Kier alpha value is -3.56. The van der Waals surface area contributed by atoms with Crippen LogP contribution in [0.25, 0.3) is 10.4 Å². The Morgan fingerprint density at radius 3 is 1.94 bits per heavy atom. The van der Waals surface area contributed by atoms with E-state index >= 15 is 0 Å². The van der Waals surface area contributed by atoms with Crippen LogP contribution >= 0.6 is 0 Å². The number of hydrogen-bond acceptors (Lipinski definition) is 5. The summed E-state index contributed by atoms with van der Waals surface area (Å²) in [7, 11) is -8.34. The van der Waals surface area contributed by atoms with Crippen molar-refractivity contribution >= 4 is 37.2 Å². The summed E-state index contributed by atoms with van der Waals surface area (Å²) in [5.74, 6) is -0.397. The van der Waals surface area contributed by atoms with Crippen molar-refractivity contribution in [2.75, 3.05) is 0 Å². The molecule has 0 N–H and O–H groups in total. The summed E-state index contributed by atoms with van der Waals surface area (Å²) >= 11 is 0. The van der Waals surface area contributed by atoms with Gasteiger partial charge in [-0.2, -0.15) is 12.8 Å². The highest BCUT2D eigenvalue weighted by Crippen LogP contribution is 2.34. The second kappa shape index (κ2) is 9.00. The molecule has 174 valence electrons. The number of carbonyl (C=O) groups excluding carboxylic acids is 1. The topological polar surface area (TPSA) is 112 Å². The lowest BCUT2D eigenvalue weighted by atomic mass is 9.93. The second-order valence-electron chi connectivity index (χ2n) is 7.96. The van der Waals surface area contributed by atoms with E-state index in [1.807, 2.05) is 13.8 Å². The third-order valence-electron chi connectivity index (χ3n) is 5.28. The zero-order valence-electron chi connectivity index (χ0n) is 18.4. The van der Waals surface area contributed by atoms with Crippen molar-refractivity contribution in [2.24, 2.45) is 4.40 Å². The van der Waals surface area contributed by atoms with E-state index in [4.69, 9.17) is 0 Å². The van der Waals surface area contributed by atoms with Gasteiger partial charge in [-0.1, -0.05) is 68.4 Å². The number of rotatable bonds is 6. The highest BCUT2D eigenvalue weighted by molar-refractivity contribution is 7.94. The van der Waals surface area contributed by atoms with E-state index < -0.39 is 31.5 Å². The fraction of sp³-hybridized carbons (Fsp3) is 0.120. The lowest BCUT2D eigenvalue weighted by Gasteiger charge is -2.29. The van der Waals surface area contributed by atoms with Crippen molar-refractivity contribution in [1.82, 2.24) is 0 Å². The first-order valence-electron chi connectivity index (χ1n) is 10.4. The number of ketones is 1. The molecule has 0 unspecified atom stereocenters. The lowest BCUT2D eigenvalue weighted by Crippen LogP contribution is -2.21. The summed E-state index contributed by atoms with van der Waals surface area (Å²) in [5, 5.41) is 0. The minimum atomic E-state index is -4.20. The predicted octanol–water partition coefficient (Wildman–Crippen LogP) is 4.94. The van der Waals surface area contributed by atoms with Gasteiger partial charge in [-0.15, -0.1) is 5.70 Å². The van der Waals surface area contributed by atoms with Crippen molar-refractivity contribution in [3.05, 3.63) is 106 Å². The molecule has 7 nitrogen and oxygen atoms in total. The Kier molecular flexibility index (Phi) is 6.24. The molecule has 0 atom stereocenters. The quantitative estimate of drug-likeness (QED) is 0.483. The molecule has 34 heavy (non-hydrogen) atoms. The molecule has 0 bridgehead atoms.